The average molecular weight is 306 g/mol. The van der Waals surface area contributed by atoms with Gasteiger partial charge in [-0.05, 0) is 19.9 Å². The van der Waals surface area contributed by atoms with Gasteiger partial charge in [0.2, 0.25) is 10.0 Å². The summed E-state index contributed by atoms with van der Waals surface area (Å²) in [7, 11) is -3.38. The molecule has 0 unspecified atom stereocenters. The Morgan fingerprint density at radius 3 is 2.42 bits per heavy atom. The van der Waals surface area contributed by atoms with Crippen molar-refractivity contribution in [2.45, 2.75) is 30.7 Å². The molecule has 1 N–H and O–H groups in total. The quantitative estimate of drug-likeness (QED) is 0.857. The first-order valence-corrected chi connectivity index (χ1v) is 8.40. The van der Waals surface area contributed by atoms with Gasteiger partial charge in [0.1, 0.15) is 0 Å². The van der Waals surface area contributed by atoms with Gasteiger partial charge in [0, 0.05) is 44.1 Å². The monoisotopic (exact) mass is 305 g/mol. The van der Waals surface area contributed by atoms with Crippen LogP contribution in [-0.2, 0) is 15.9 Å². The van der Waals surface area contributed by atoms with Gasteiger partial charge in [-0.2, -0.15) is 4.31 Å². The summed E-state index contributed by atoms with van der Waals surface area (Å²) in [4.78, 5) is 5.47. The highest BCUT2D eigenvalue weighted by molar-refractivity contribution is 7.89. The number of sulfonamides is 1. The third-order valence-electron chi connectivity index (χ3n) is 3.50. The van der Waals surface area contributed by atoms with Gasteiger partial charge >= 0.3 is 0 Å². The van der Waals surface area contributed by atoms with Gasteiger partial charge in [-0.15, -0.1) is 11.6 Å². The number of hydrogen-bond donors (Lipinski definition) is 1. The van der Waals surface area contributed by atoms with Crippen LogP contribution in [-0.4, -0.2) is 54.8 Å². The van der Waals surface area contributed by atoms with Crippen LogP contribution in [0.5, 0.6) is 0 Å². The van der Waals surface area contributed by atoms with E-state index in [2.05, 4.69) is 23.7 Å². The lowest BCUT2D eigenvalue weighted by Gasteiger charge is -2.36. The molecule has 2 rings (SSSR count). The molecule has 1 fully saturated rings. The fourth-order valence-corrected chi connectivity index (χ4v) is 3.85. The topological polar surface area (TPSA) is 56.4 Å². The largest absolute Gasteiger partial charge is 0.363 e. The van der Waals surface area contributed by atoms with Crippen molar-refractivity contribution in [3.05, 3.63) is 18.0 Å². The number of halogens is 1. The van der Waals surface area contributed by atoms with Gasteiger partial charge in [0.15, 0.2) is 0 Å². The predicted octanol–water partition coefficient (Wildman–Crippen LogP) is 1.47. The first-order valence-electron chi connectivity index (χ1n) is 6.42. The number of aromatic nitrogens is 1. The van der Waals surface area contributed by atoms with Crippen LogP contribution in [0, 0.1) is 0 Å². The first-order chi connectivity index (χ1) is 8.95. The van der Waals surface area contributed by atoms with Gasteiger partial charge in [0.25, 0.3) is 0 Å². The number of alkyl halides is 1. The molecule has 0 aliphatic carbocycles. The predicted molar refractivity (Wildman–Crippen MR) is 75.8 cm³/mol. The van der Waals surface area contributed by atoms with Gasteiger partial charge in [0.05, 0.1) is 10.8 Å². The zero-order valence-corrected chi connectivity index (χ0v) is 12.8. The number of aromatic amines is 1. The number of piperazine rings is 1. The maximum Gasteiger partial charge on any atom is 0.244 e. The maximum absolute atomic E-state index is 12.4. The van der Waals surface area contributed by atoms with Crippen molar-refractivity contribution in [2.24, 2.45) is 0 Å². The third kappa shape index (κ3) is 3.13. The van der Waals surface area contributed by atoms with Crippen molar-refractivity contribution in [3.63, 3.8) is 0 Å². The van der Waals surface area contributed by atoms with Crippen LogP contribution in [0.25, 0.3) is 0 Å². The van der Waals surface area contributed by atoms with Crippen LogP contribution in [0.15, 0.2) is 17.2 Å². The Balaban J connectivity index is 2.09. The van der Waals surface area contributed by atoms with Crippen molar-refractivity contribution >= 4 is 21.6 Å². The Labute approximate surface area is 119 Å². The molecule has 0 atom stereocenters. The molecular weight excluding hydrogens is 286 g/mol. The summed E-state index contributed by atoms with van der Waals surface area (Å²) < 4.78 is 26.4. The van der Waals surface area contributed by atoms with Crippen molar-refractivity contribution in [1.29, 1.82) is 0 Å². The van der Waals surface area contributed by atoms with E-state index in [0.29, 0.717) is 24.0 Å². The molecule has 19 heavy (non-hydrogen) atoms. The first kappa shape index (κ1) is 14.8. The normalized spacial score (nSPS) is 19.2. The molecule has 0 spiro atoms. The minimum atomic E-state index is -3.38. The summed E-state index contributed by atoms with van der Waals surface area (Å²) in [6.07, 6.45) is 1.52. The highest BCUT2D eigenvalue weighted by Crippen LogP contribution is 2.19. The van der Waals surface area contributed by atoms with Crippen LogP contribution in [0.1, 0.15) is 19.5 Å². The van der Waals surface area contributed by atoms with Crippen molar-refractivity contribution in [2.75, 3.05) is 26.2 Å². The molecule has 1 aromatic heterocycles. The van der Waals surface area contributed by atoms with Gasteiger partial charge in [-0.25, -0.2) is 8.42 Å². The lowest BCUT2D eigenvalue weighted by atomic mass is 10.3. The van der Waals surface area contributed by atoms with E-state index in [-0.39, 0.29) is 5.88 Å². The maximum atomic E-state index is 12.4. The fourth-order valence-electron chi connectivity index (χ4n) is 2.25. The minimum Gasteiger partial charge on any atom is -0.363 e. The van der Waals surface area contributed by atoms with Crippen LogP contribution in [0.3, 0.4) is 0 Å². The average Bonchev–Trinajstić information content (AvgIpc) is 2.88. The van der Waals surface area contributed by atoms with E-state index in [1.54, 1.807) is 10.4 Å². The Hall–Kier alpha value is -0.560. The lowest BCUT2D eigenvalue weighted by Crippen LogP contribution is -2.50. The van der Waals surface area contributed by atoms with Gasteiger partial charge in [-0.3, -0.25) is 4.90 Å². The summed E-state index contributed by atoms with van der Waals surface area (Å²) in [6, 6.07) is 2.07. The second kappa shape index (κ2) is 5.83. The summed E-state index contributed by atoms with van der Waals surface area (Å²) >= 11 is 5.68. The third-order valence-corrected chi connectivity index (χ3v) is 5.67. The Kier molecular flexibility index (Phi) is 4.55. The van der Waals surface area contributed by atoms with Gasteiger partial charge < -0.3 is 4.98 Å². The molecule has 7 heteroatoms. The number of rotatable bonds is 4. The number of nitrogens with zero attached hydrogens (tertiary/aromatic N) is 2. The standard InChI is InChI=1S/C12H20ClN3O2S/c1-10(2)15-3-5-16(6-4-15)19(17,18)12-7-11(8-13)14-9-12/h7,9-10,14H,3-6,8H2,1-2H3. The zero-order chi connectivity index (χ0) is 14.0. The number of H-pyrrole nitrogens is 1. The van der Waals surface area contributed by atoms with E-state index in [1.807, 2.05) is 0 Å². The summed E-state index contributed by atoms with van der Waals surface area (Å²) in [5.74, 6) is 0.288. The van der Waals surface area contributed by atoms with E-state index < -0.39 is 10.0 Å². The Bertz CT molecular complexity index is 519. The van der Waals surface area contributed by atoms with Crippen LogP contribution in [0.4, 0.5) is 0 Å². The highest BCUT2D eigenvalue weighted by atomic mass is 35.5. The summed E-state index contributed by atoms with van der Waals surface area (Å²) in [5.41, 5.74) is 0.723. The summed E-state index contributed by atoms with van der Waals surface area (Å²) in [6.45, 7) is 6.91. The van der Waals surface area contributed by atoms with Crippen LogP contribution >= 0.6 is 11.6 Å². The molecule has 1 aliphatic rings. The molecule has 1 saturated heterocycles. The molecule has 5 nitrogen and oxygen atoms in total. The van der Waals surface area contributed by atoms with Crippen molar-refractivity contribution < 1.29 is 8.42 Å². The second-order valence-corrected chi connectivity index (χ2v) is 7.23. The van der Waals surface area contributed by atoms with E-state index in [0.717, 1.165) is 18.8 Å². The van der Waals surface area contributed by atoms with E-state index in [4.69, 9.17) is 11.6 Å². The molecule has 0 bridgehead atoms. The van der Waals surface area contributed by atoms with E-state index in [9.17, 15) is 8.42 Å². The van der Waals surface area contributed by atoms with E-state index in [1.165, 1.54) is 6.20 Å². The molecule has 108 valence electrons. The zero-order valence-electron chi connectivity index (χ0n) is 11.3. The smallest absolute Gasteiger partial charge is 0.244 e. The molecular formula is C12H20ClN3O2S. The van der Waals surface area contributed by atoms with Crippen LogP contribution < -0.4 is 0 Å². The van der Waals surface area contributed by atoms with Gasteiger partial charge in [-0.1, -0.05) is 0 Å². The molecule has 1 aliphatic heterocycles. The molecule has 0 aromatic carbocycles. The molecule has 1 aromatic rings. The molecule has 0 radical (unpaired) electrons. The van der Waals surface area contributed by atoms with E-state index >= 15 is 0 Å². The minimum absolute atomic E-state index is 0.288. The molecule has 0 amide bonds. The molecule has 0 saturated carbocycles. The van der Waals surface area contributed by atoms with Crippen molar-refractivity contribution in [3.8, 4) is 0 Å². The number of nitrogens with one attached hydrogen (secondary N) is 1. The Morgan fingerprint density at radius 2 is 1.95 bits per heavy atom. The Morgan fingerprint density at radius 1 is 1.32 bits per heavy atom. The van der Waals surface area contributed by atoms with Crippen molar-refractivity contribution in [1.82, 2.24) is 14.2 Å². The lowest BCUT2D eigenvalue weighted by molar-refractivity contribution is 0.154. The fraction of sp³-hybridized carbons (Fsp3) is 0.667. The second-order valence-electron chi connectivity index (χ2n) is 5.03. The van der Waals surface area contributed by atoms with Crippen LogP contribution in [0.2, 0.25) is 0 Å². The molecule has 2 heterocycles. The summed E-state index contributed by atoms with van der Waals surface area (Å²) in [5, 5.41) is 0. The number of hydrogen-bond acceptors (Lipinski definition) is 3. The SMILES string of the molecule is CC(C)N1CCN(S(=O)(=O)c2c[nH]c(CCl)c2)CC1. The highest BCUT2D eigenvalue weighted by Gasteiger charge is 2.29.